The van der Waals surface area contributed by atoms with Crippen molar-refractivity contribution in [1.29, 1.82) is 0 Å². The summed E-state index contributed by atoms with van der Waals surface area (Å²) >= 11 is 5.16. The number of hydrogen-bond acceptors (Lipinski definition) is 4. The lowest BCUT2D eigenvalue weighted by Crippen LogP contribution is -2.43. The van der Waals surface area contributed by atoms with E-state index in [4.69, 9.17) is 21.4 Å². The van der Waals surface area contributed by atoms with Crippen molar-refractivity contribution in [2.24, 2.45) is 0 Å². The van der Waals surface area contributed by atoms with Crippen molar-refractivity contribution in [3.63, 3.8) is 0 Å². The highest BCUT2D eigenvalue weighted by Gasteiger charge is 2.17. The van der Waals surface area contributed by atoms with E-state index in [0.717, 1.165) is 22.4 Å². The summed E-state index contributed by atoms with van der Waals surface area (Å²) in [5, 5.41) is 4.13. The van der Waals surface area contributed by atoms with E-state index in [0.29, 0.717) is 5.58 Å². The lowest BCUT2D eigenvalue weighted by atomic mass is 10.1. The van der Waals surface area contributed by atoms with Gasteiger partial charge >= 0.3 is 5.91 Å². The van der Waals surface area contributed by atoms with Crippen LogP contribution in [-0.4, -0.2) is 18.1 Å². The van der Waals surface area contributed by atoms with Crippen LogP contribution in [0.3, 0.4) is 0 Å². The van der Waals surface area contributed by atoms with Crippen molar-refractivity contribution in [1.82, 2.24) is 10.9 Å². The van der Waals surface area contributed by atoms with Gasteiger partial charge in [-0.2, -0.15) is 0 Å². The molecule has 0 aliphatic heterocycles. The molecule has 0 spiro atoms. The second-order valence-electron chi connectivity index (χ2n) is 5.31. The van der Waals surface area contributed by atoms with Crippen molar-refractivity contribution in [2.75, 3.05) is 12.4 Å². The third-order valence-corrected chi connectivity index (χ3v) is 3.89. The maximum Gasteiger partial charge on any atom is 0.305 e. The number of nitrogens with one attached hydrogen (secondary N) is 3. The average Bonchev–Trinajstić information content (AvgIpc) is 2.97. The smallest absolute Gasteiger partial charge is 0.305 e. The van der Waals surface area contributed by atoms with Crippen molar-refractivity contribution >= 4 is 39.9 Å². The lowest BCUT2D eigenvalue weighted by molar-refractivity contribution is 0.0917. The number of carbonyl (C=O) groups excluding carboxylic acids is 1. The fraction of sp³-hybridized carbons (Fsp3) is 0.111. The molecule has 6 nitrogen and oxygen atoms in total. The first kappa shape index (κ1) is 16.8. The van der Waals surface area contributed by atoms with E-state index >= 15 is 0 Å². The SMILES string of the molecule is COc1ccc(NC(=S)NNC(=O)c2oc3ccccc3c2C)cc1. The summed E-state index contributed by atoms with van der Waals surface area (Å²) in [6.45, 7) is 1.84. The minimum Gasteiger partial charge on any atom is -0.497 e. The lowest BCUT2D eigenvalue weighted by Gasteiger charge is -2.11. The number of aryl methyl sites for hydroxylation is 1. The zero-order valence-electron chi connectivity index (χ0n) is 13.8. The Morgan fingerprint density at radius 2 is 1.80 bits per heavy atom. The highest BCUT2D eigenvalue weighted by molar-refractivity contribution is 7.80. The summed E-state index contributed by atoms with van der Waals surface area (Å²) in [6.07, 6.45) is 0. The molecule has 0 unspecified atom stereocenters. The van der Waals surface area contributed by atoms with Gasteiger partial charge in [-0.3, -0.25) is 15.6 Å². The topological polar surface area (TPSA) is 75.5 Å². The predicted octanol–water partition coefficient (Wildman–Crippen LogP) is 3.38. The van der Waals surface area contributed by atoms with Crippen molar-refractivity contribution in [2.45, 2.75) is 6.92 Å². The van der Waals surface area contributed by atoms with E-state index in [1.54, 1.807) is 19.2 Å². The molecule has 1 aromatic heterocycles. The van der Waals surface area contributed by atoms with Gasteiger partial charge in [-0.1, -0.05) is 18.2 Å². The first-order chi connectivity index (χ1) is 12.1. The number of anilines is 1. The van der Waals surface area contributed by atoms with Gasteiger partial charge in [-0.25, -0.2) is 0 Å². The number of carbonyl (C=O) groups is 1. The molecule has 0 aliphatic carbocycles. The maximum atomic E-state index is 12.3. The third-order valence-electron chi connectivity index (χ3n) is 3.69. The molecule has 7 heteroatoms. The van der Waals surface area contributed by atoms with E-state index in [1.807, 2.05) is 43.3 Å². The van der Waals surface area contributed by atoms with E-state index in [9.17, 15) is 4.79 Å². The highest BCUT2D eigenvalue weighted by Crippen LogP contribution is 2.24. The molecule has 1 amide bonds. The molecule has 0 saturated carbocycles. The van der Waals surface area contributed by atoms with Crippen LogP contribution in [0.4, 0.5) is 5.69 Å². The Morgan fingerprint density at radius 3 is 2.48 bits per heavy atom. The number of furan rings is 1. The summed E-state index contributed by atoms with van der Waals surface area (Å²) in [4.78, 5) is 12.3. The number of ether oxygens (including phenoxy) is 1. The maximum absolute atomic E-state index is 12.3. The fourth-order valence-corrected chi connectivity index (χ4v) is 2.57. The number of fused-ring (bicyclic) bond motifs is 1. The van der Waals surface area contributed by atoms with Crippen LogP contribution in [0.25, 0.3) is 11.0 Å². The van der Waals surface area contributed by atoms with Crippen LogP contribution in [-0.2, 0) is 0 Å². The number of thiocarbonyl (C=S) groups is 1. The van der Waals surface area contributed by atoms with Crippen LogP contribution in [0.5, 0.6) is 5.75 Å². The van der Waals surface area contributed by atoms with Crippen LogP contribution in [0.15, 0.2) is 52.9 Å². The van der Waals surface area contributed by atoms with Crippen LogP contribution < -0.4 is 20.9 Å². The number of methoxy groups -OCH3 is 1. The van der Waals surface area contributed by atoms with E-state index in [-0.39, 0.29) is 10.9 Å². The number of benzene rings is 2. The highest BCUT2D eigenvalue weighted by atomic mass is 32.1. The van der Waals surface area contributed by atoms with Crippen LogP contribution in [0.1, 0.15) is 16.1 Å². The van der Waals surface area contributed by atoms with Gasteiger partial charge < -0.3 is 14.5 Å². The fourth-order valence-electron chi connectivity index (χ4n) is 2.40. The standard InChI is InChI=1S/C18H17N3O3S/c1-11-14-5-3-4-6-15(14)24-16(11)17(22)20-21-18(25)19-12-7-9-13(23-2)10-8-12/h3-10H,1-2H3,(H,20,22)(H2,19,21,25). The van der Waals surface area contributed by atoms with E-state index < -0.39 is 5.91 Å². The number of amides is 1. The van der Waals surface area contributed by atoms with Gasteiger partial charge in [0.15, 0.2) is 10.9 Å². The van der Waals surface area contributed by atoms with Gasteiger partial charge in [-0.15, -0.1) is 0 Å². The van der Waals surface area contributed by atoms with Crippen molar-refractivity contribution < 1.29 is 13.9 Å². The summed E-state index contributed by atoms with van der Waals surface area (Å²) in [6, 6.07) is 14.7. The summed E-state index contributed by atoms with van der Waals surface area (Å²) in [5.74, 6) is 0.603. The minimum absolute atomic E-state index is 0.251. The Bertz CT molecular complexity index is 919. The molecule has 0 radical (unpaired) electrons. The predicted molar refractivity (Wildman–Crippen MR) is 101 cm³/mol. The zero-order chi connectivity index (χ0) is 17.8. The summed E-state index contributed by atoms with van der Waals surface area (Å²) < 4.78 is 10.7. The number of hydrogen-bond donors (Lipinski definition) is 3. The number of para-hydroxylation sites is 1. The second kappa shape index (κ2) is 7.23. The molecule has 2 aromatic carbocycles. The average molecular weight is 355 g/mol. The second-order valence-corrected chi connectivity index (χ2v) is 5.72. The molecule has 25 heavy (non-hydrogen) atoms. The molecule has 0 atom stereocenters. The molecule has 0 fully saturated rings. The van der Waals surface area contributed by atoms with E-state index in [2.05, 4.69) is 16.2 Å². The summed E-state index contributed by atoms with van der Waals surface area (Å²) in [7, 11) is 1.60. The van der Waals surface area contributed by atoms with E-state index in [1.165, 1.54) is 0 Å². The van der Waals surface area contributed by atoms with Gasteiger partial charge in [0.05, 0.1) is 7.11 Å². The molecule has 3 aromatic rings. The van der Waals surface area contributed by atoms with Crippen LogP contribution in [0, 0.1) is 6.92 Å². The van der Waals surface area contributed by atoms with Gasteiger partial charge in [-0.05, 0) is 49.5 Å². The van der Waals surface area contributed by atoms with Crippen molar-refractivity contribution in [3.8, 4) is 5.75 Å². The van der Waals surface area contributed by atoms with Crippen LogP contribution >= 0.6 is 12.2 Å². The Kier molecular flexibility index (Phi) is 4.85. The third kappa shape index (κ3) is 3.72. The molecular weight excluding hydrogens is 338 g/mol. The molecule has 3 rings (SSSR count). The largest absolute Gasteiger partial charge is 0.497 e. The molecule has 0 bridgehead atoms. The number of hydrazine groups is 1. The molecule has 128 valence electrons. The Balaban J connectivity index is 1.60. The monoisotopic (exact) mass is 355 g/mol. The Hall–Kier alpha value is -3.06. The van der Waals surface area contributed by atoms with Gasteiger partial charge in [0, 0.05) is 16.6 Å². The quantitative estimate of drug-likeness (QED) is 0.494. The molecule has 0 aliphatic rings. The van der Waals surface area contributed by atoms with Gasteiger partial charge in [0.25, 0.3) is 0 Å². The number of rotatable bonds is 3. The normalized spacial score (nSPS) is 10.3. The first-order valence-electron chi connectivity index (χ1n) is 7.58. The zero-order valence-corrected chi connectivity index (χ0v) is 14.6. The Labute approximate surface area is 150 Å². The van der Waals surface area contributed by atoms with Crippen LogP contribution in [0.2, 0.25) is 0 Å². The van der Waals surface area contributed by atoms with Gasteiger partial charge in [0.1, 0.15) is 11.3 Å². The molecular formula is C18H17N3O3S. The Morgan fingerprint density at radius 1 is 1.08 bits per heavy atom. The molecule has 0 saturated heterocycles. The molecule has 1 heterocycles. The minimum atomic E-state index is -0.396. The van der Waals surface area contributed by atoms with Crippen molar-refractivity contribution in [3.05, 3.63) is 59.9 Å². The molecule has 3 N–H and O–H groups in total. The summed E-state index contributed by atoms with van der Waals surface area (Å²) in [5.41, 5.74) is 7.41. The first-order valence-corrected chi connectivity index (χ1v) is 7.99. The van der Waals surface area contributed by atoms with Gasteiger partial charge in [0.2, 0.25) is 0 Å².